The molecule has 1 amide bonds. The van der Waals surface area contributed by atoms with Gasteiger partial charge in [0.15, 0.2) is 0 Å². The van der Waals surface area contributed by atoms with Crippen LogP contribution in [0.25, 0.3) is 0 Å². The van der Waals surface area contributed by atoms with Crippen LogP contribution in [0.3, 0.4) is 0 Å². The van der Waals surface area contributed by atoms with Crippen molar-refractivity contribution in [2.24, 2.45) is 0 Å². The molecule has 0 saturated carbocycles. The van der Waals surface area contributed by atoms with Crippen LogP contribution in [-0.2, 0) is 0 Å². The van der Waals surface area contributed by atoms with Gasteiger partial charge in [0.25, 0.3) is 5.91 Å². The van der Waals surface area contributed by atoms with Gasteiger partial charge in [-0.3, -0.25) is 9.69 Å². The minimum Gasteiger partial charge on any atom is -0.381 e. The molecule has 21 heavy (non-hydrogen) atoms. The smallest absolute Gasteiger partial charge is 0.252 e. The highest BCUT2D eigenvalue weighted by Crippen LogP contribution is 2.30. The molecule has 3 rings (SSSR count). The molecule has 2 fully saturated rings. The number of hydrogen-bond donors (Lipinski definition) is 2. The molecular formula is C16H22ClN3O. The van der Waals surface area contributed by atoms with Crippen LogP contribution in [0, 0.1) is 0 Å². The number of halogens is 1. The molecule has 4 nitrogen and oxygen atoms in total. The first-order valence-corrected chi connectivity index (χ1v) is 8.09. The summed E-state index contributed by atoms with van der Waals surface area (Å²) in [6, 6.07) is 6.72. The van der Waals surface area contributed by atoms with Gasteiger partial charge in [0, 0.05) is 31.4 Å². The summed E-state index contributed by atoms with van der Waals surface area (Å²) in [5.74, 6) is -0.144. The zero-order valence-corrected chi connectivity index (χ0v) is 13.1. The lowest BCUT2D eigenvalue weighted by Gasteiger charge is -2.33. The Bertz CT molecular complexity index is 534. The van der Waals surface area contributed by atoms with Gasteiger partial charge in [-0.1, -0.05) is 18.0 Å². The van der Waals surface area contributed by atoms with Gasteiger partial charge in [-0.15, -0.1) is 0 Å². The molecule has 1 aromatic rings. The van der Waals surface area contributed by atoms with Crippen molar-refractivity contribution in [3.05, 3.63) is 28.8 Å². The van der Waals surface area contributed by atoms with E-state index in [1.807, 2.05) is 12.1 Å². The summed E-state index contributed by atoms with van der Waals surface area (Å²) in [6.45, 7) is 2.41. The van der Waals surface area contributed by atoms with E-state index in [9.17, 15) is 4.79 Å². The molecule has 2 saturated heterocycles. The second-order valence-electron chi connectivity index (χ2n) is 5.91. The van der Waals surface area contributed by atoms with Crippen molar-refractivity contribution in [2.75, 3.05) is 25.5 Å². The van der Waals surface area contributed by atoms with Crippen LogP contribution in [0.2, 0.25) is 5.02 Å². The number of carbonyl (C=O) groups is 1. The van der Waals surface area contributed by atoms with Crippen LogP contribution >= 0.6 is 11.6 Å². The van der Waals surface area contributed by atoms with E-state index in [2.05, 4.69) is 15.5 Å². The van der Waals surface area contributed by atoms with Crippen molar-refractivity contribution in [3.63, 3.8) is 0 Å². The number of rotatable bonds is 3. The van der Waals surface area contributed by atoms with Gasteiger partial charge in [0.1, 0.15) is 0 Å². The van der Waals surface area contributed by atoms with Crippen molar-refractivity contribution >= 4 is 23.2 Å². The second kappa shape index (κ2) is 6.24. The maximum Gasteiger partial charge on any atom is 0.252 e. The molecule has 0 aromatic heterocycles. The van der Waals surface area contributed by atoms with Gasteiger partial charge in [0.2, 0.25) is 0 Å². The minimum atomic E-state index is -0.144. The van der Waals surface area contributed by atoms with Crippen LogP contribution in [0.5, 0.6) is 0 Å². The number of piperidine rings is 1. The Hall–Kier alpha value is -1.26. The average molecular weight is 308 g/mol. The monoisotopic (exact) mass is 307 g/mol. The van der Waals surface area contributed by atoms with Gasteiger partial charge in [-0.2, -0.15) is 0 Å². The molecule has 1 aromatic carbocycles. The Morgan fingerprint density at radius 3 is 2.95 bits per heavy atom. The van der Waals surface area contributed by atoms with E-state index in [0.29, 0.717) is 22.7 Å². The van der Waals surface area contributed by atoms with Gasteiger partial charge < -0.3 is 10.6 Å². The third-order valence-electron chi connectivity index (χ3n) is 4.65. The first kappa shape index (κ1) is 14.7. The Kier molecular flexibility index (Phi) is 4.36. The lowest BCUT2D eigenvalue weighted by Crippen LogP contribution is -2.41. The van der Waals surface area contributed by atoms with Crippen LogP contribution in [-0.4, -0.2) is 43.0 Å². The van der Waals surface area contributed by atoms with E-state index in [0.717, 1.165) is 5.69 Å². The first-order valence-electron chi connectivity index (χ1n) is 7.71. The van der Waals surface area contributed by atoms with Crippen molar-refractivity contribution in [1.82, 2.24) is 10.2 Å². The van der Waals surface area contributed by atoms with Crippen LogP contribution in [0.15, 0.2) is 18.2 Å². The molecule has 0 spiro atoms. The Balaban J connectivity index is 1.74. The van der Waals surface area contributed by atoms with Crippen LogP contribution < -0.4 is 10.6 Å². The summed E-state index contributed by atoms with van der Waals surface area (Å²) in [5.41, 5.74) is 1.51. The fourth-order valence-electron chi connectivity index (χ4n) is 3.55. The summed E-state index contributed by atoms with van der Waals surface area (Å²) in [5, 5.41) is 6.73. The van der Waals surface area contributed by atoms with Crippen LogP contribution in [0.4, 0.5) is 5.69 Å². The van der Waals surface area contributed by atoms with E-state index < -0.39 is 0 Å². The molecular weight excluding hydrogens is 286 g/mol. The lowest BCUT2D eigenvalue weighted by atomic mass is 9.98. The summed E-state index contributed by atoms with van der Waals surface area (Å²) in [4.78, 5) is 14.4. The van der Waals surface area contributed by atoms with Gasteiger partial charge in [-0.25, -0.2) is 0 Å². The van der Waals surface area contributed by atoms with Crippen molar-refractivity contribution in [1.29, 1.82) is 0 Å². The van der Waals surface area contributed by atoms with Gasteiger partial charge in [-0.05, 0) is 44.0 Å². The fraction of sp³-hybridized carbons (Fsp3) is 0.562. The second-order valence-corrected chi connectivity index (χ2v) is 6.32. The molecule has 5 heteroatoms. The minimum absolute atomic E-state index is 0.144. The molecule has 0 aliphatic carbocycles. The zero-order valence-electron chi connectivity index (χ0n) is 12.4. The third kappa shape index (κ3) is 3.01. The number of carbonyl (C=O) groups excluding carboxylic acids is 1. The summed E-state index contributed by atoms with van der Waals surface area (Å²) < 4.78 is 0. The van der Waals surface area contributed by atoms with E-state index in [-0.39, 0.29) is 5.91 Å². The Labute approximate surface area is 130 Å². The number of anilines is 1. The van der Waals surface area contributed by atoms with Crippen molar-refractivity contribution in [2.45, 2.75) is 37.8 Å². The molecule has 114 valence electrons. The fourth-order valence-corrected chi connectivity index (χ4v) is 3.76. The van der Waals surface area contributed by atoms with Gasteiger partial charge in [0.05, 0.1) is 10.6 Å². The summed E-state index contributed by atoms with van der Waals surface area (Å²) >= 11 is 6.10. The maximum atomic E-state index is 11.8. The normalized spacial score (nSPS) is 25.4. The van der Waals surface area contributed by atoms with E-state index in [1.165, 1.54) is 38.8 Å². The maximum absolute atomic E-state index is 11.8. The predicted octanol–water partition coefficient (Wildman–Crippen LogP) is 2.74. The quantitative estimate of drug-likeness (QED) is 0.902. The SMILES string of the molecule is CNC(=O)c1cc(NC2CCN3CCCCC23)ccc1Cl. The molecule has 2 atom stereocenters. The van der Waals surface area contributed by atoms with Crippen molar-refractivity contribution in [3.8, 4) is 0 Å². The highest BCUT2D eigenvalue weighted by Gasteiger charge is 2.35. The number of fused-ring (bicyclic) bond motifs is 1. The van der Waals surface area contributed by atoms with Crippen LogP contribution in [0.1, 0.15) is 36.0 Å². The number of amides is 1. The molecule has 2 unspecified atom stereocenters. The molecule has 2 aliphatic heterocycles. The molecule has 0 radical (unpaired) electrons. The highest BCUT2D eigenvalue weighted by molar-refractivity contribution is 6.34. The first-order chi connectivity index (χ1) is 10.2. The number of benzene rings is 1. The molecule has 0 bridgehead atoms. The third-order valence-corrected chi connectivity index (χ3v) is 4.98. The molecule has 2 heterocycles. The number of nitrogens with zero attached hydrogens (tertiary/aromatic N) is 1. The van der Waals surface area contributed by atoms with E-state index in [4.69, 9.17) is 11.6 Å². The van der Waals surface area contributed by atoms with Gasteiger partial charge >= 0.3 is 0 Å². The van der Waals surface area contributed by atoms with E-state index >= 15 is 0 Å². The predicted molar refractivity (Wildman–Crippen MR) is 86.1 cm³/mol. The number of nitrogens with one attached hydrogen (secondary N) is 2. The number of hydrogen-bond acceptors (Lipinski definition) is 3. The highest BCUT2D eigenvalue weighted by atomic mass is 35.5. The average Bonchev–Trinajstić information content (AvgIpc) is 2.92. The topological polar surface area (TPSA) is 44.4 Å². The summed E-state index contributed by atoms with van der Waals surface area (Å²) in [6.07, 6.45) is 5.09. The zero-order chi connectivity index (χ0) is 14.8. The molecule has 2 N–H and O–H groups in total. The summed E-state index contributed by atoms with van der Waals surface area (Å²) in [7, 11) is 1.62. The molecule has 2 aliphatic rings. The van der Waals surface area contributed by atoms with Crippen molar-refractivity contribution < 1.29 is 4.79 Å². The standard InChI is InChI=1S/C16H22ClN3O/c1-18-16(21)12-10-11(5-6-13(12)17)19-14-7-9-20-8-3-2-4-15(14)20/h5-6,10,14-15,19H,2-4,7-9H2,1H3,(H,18,21). The Morgan fingerprint density at radius 1 is 1.29 bits per heavy atom. The largest absolute Gasteiger partial charge is 0.381 e. The Morgan fingerprint density at radius 2 is 2.14 bits per heavy atom. The van der Waals surface area contributed by atoms with E-state index in [1.54, 1.807) is 13.1 Å². The lowest BCUT2D eigenvalue weighted by molar-refractivity contribution is 0.0963.